The smallest absolute Gasteiger partial charge is 0.207 e. The standard InChI is InChI=1S/C17H15F3N2O2S/c1-13-7-9-15(10-8-13)25(23,24)22-16(11-12-21,17(18,19)20)14-5-3-2-4-6-14/h2-10,22H,11H2,1H3. The number of sulfonamides is 1. The lowest BCUT2D eigenvalue weighted by atomic mass is 9.87. The summed E-state index contributed by atoms with van der Waals surface area (Å²) >= 11 is 0. The second-order valence-electron chi connectivity index (χ2n) is 5.52. The van der Waals surface area contributed by atoms with Gasteiger partial charge in [0.2, 0.25) is 10.0 Å². The number of benzene rings is 2. The van der Waals surface area contributed by atoms with Crippen molar-refractivity contribution in [3.05, 3.63) is 65.7 Å². The molecule has 1 atom stereocenters. The van der Waals surface area contributed by atoms with Crippen molar-refractivity contribution in [3.8, 4) is 6.07 Å². The van der Waals surface area contributed by atoms with Crippen molar-refractivity contribution in [1.29, 1.82) is 5.26 Å². The van der Waals surface area contributed by atoms with Crippen LogP contribution in [0.3, 0.4) is 0 Å². The van der Waals surface area contributed by atoms with Crippen LogP contribution in [-0.2, 0) is 15.6 Å². The van der Waals surface area contributed by atoms with Gasteiger partial charge in [-0.1, -0.05) is 48.0 Å². The molecule has 8 heteroatoms. The second-order valence-corrected chi connectivity index (χ2v) is 7.20. The van der Waals surface area contributed by atoms with Crippen molar-refractivity contribution in [3.63, 3.8) is 0 Å². The number of alkyl halides is 3. The molecular formula is C17H15F3N2O2S. The molecule has 132 valence electrons. The van der Waals surface area contributed by atoms with E-state index in [1.54, 1.807) is 11.6 Å². The molecular weight excluding hydrogens is 353 g/mol. The van der Waals surface area contributed by atoms with Crippen LogP contribution in [0.5, 0.6) is 0 Å². The molecule has 0 aromatic heterocycles. The van der Waals surface area contributed by atoms with Crippen LogP contribution < -0.4 is 4.72 Å². The summed E-state index contributed by atoms with van der Waals surface area (Å²) in [6, 6.07) is 13.3. The van der Waals surface area contributed by atoms with E-state index >= 15 is 0 Å². The maximum absolute atomic E-state index is 13.9. The minimum Gasteiger partial charge on any atom is -0.207 e. The van der Waals surface area contributed by atoms with E-state index in [2.05, 4.69) is 0 Å². The maximum atomic E-state index is 13.9. The van der Waals surface area contributed by atoms with Gasteiger partial charge in [-0.3, -0.25) is 0 Å². The zero-order chi connectivity index (χ0) is 18.7. The molecule has 0 bridgehead atoms. The molecule has 0 aliphatic heterocycles. The Kier molecular flexibility index (Phi) is 5.20. The number of rotatable bonds is 5. The number of aryl methyl sites for hydroxylation is 1. The van der Waals surface area contributed by atoms with Gasteiger partial charge in [0.15, 0.2) is 5.54 Å². The Morgan fingerprint density at radius 3 is 2.08 bits per heavy atom. The number of nitriles is 1. The Bertz CT molecular complexity index is 873. The topological polar surface area (TPSA) is 70.0 Å². The van der Waals surface area contributed by atoms with E-state index in [0.29, 0.717) is 0 Å². The second kappa shape index (κ2) is 6.86. The summed E-state index contributed by atoms with van der Waals surface area (Å²) in [4.78, 5) is -0.305. The highest BCUT2D eigenvalue weighted by Gasteiger charge is 2.58. The fourth-order valence-electron chi connectivity index (χ4n) is 2.37. The van der Waals surface area contributed by atoms with Crippen LogP contribution >= 0.6 is 0 Å². The van der Waals surface area contributed by atoms with Crippen molar-refractivity contribution < 1.29 is 21.6 Å². The summed E-state index contributed by atoms with van der Waals surface area (Å²) in [6.07, 6.45) is -6.10. The summed E-state index contributed by atoms with van der Waals surface area (Å²) in [6.45, 7) is 1.73. The molecule has 0 aliphatic rings. The zero-order valence-corrected chi connectivity index (χ0v) is 14.0. The molecule has 4 nitrogen and oxygen atoms in total. The predicted octanol–water partition coefficient (Wildman–Crippen LogP) is 3.64. The molecule has 2 aromatic carbocycles. The van der Waals surface area contributed by atoms with Crippen LogP contribution in [-0.4, -0.2) is 14.6 Å². The Morgan fingerprint density at radius 2 is 1.60 bits per heavy atom. The lowest BCUT2D eigenvalue weighted by Gasteiger charge is -2.34. The van der Waals surface area contributed by atoms with Crippen LogP contribution in [0.1, 0.15) is 17.5 Å². The minimum atomic E-state index is -5.01. The van der Waals surface area contributed by atoms with Crippen LogP contribution in [0.4, 0.5) is 13.2 Å². The largest absolute Gasteiger partial charge is 0.412 e. The Balaban J connectivity index is 2.61. The first-order chi connectivity index (χ1) is 11.6. The predicted molar refractivity (Wildman–Crippen MR) is 85.9 cm³/mol. The highest BCUT2D eigenvalue weighted by atomic mass is 32.2. The molecule has 25 heavy (non-hydrogen) atoms. The summed E-state index contributed by atoms with van der Waals surface area (Å²) in [5.41, 5.74) is -2.62. The molecule has 2 rings (SSSR count). The molecule has 0 radical (unpaired) electrons. The molecule has 0 saturated heterocycles. The first kappa shape index (κ1) is 19.0. The van der Waals surface area contributed by atoms with E-state index in [4.69, 9.17) is 5.26 Å². The van der Waals surface area contributed by atoms with Crippen molar-refractivity contribution in [2.75, 3.05) is 0 Å². The van der Waals surface area contributed by atoms with Gasteiger partial charge < -0.3 is 0 Å². The molecule has 0 aliphatic carbocycles. The van der Waals surface area contributed by atoms with Gasteiger partial charge in [-0.2, -0.15) is 23.2 Å². The Hall–Kier alpha value is -2.37. The van der Waals surface area contributed by atoms with E-state index in [1.807, 2.05) is 0 Å². The van der Waals surface area contributed by atoms with Crippen molar-refractivity contribution in [2.45, 2.75) is 30.0 Å². The van der Waals surface area contributed by atoms with E-state index in [9.17, 15) is 21.6 Å². The summed E-state index contributed by atoms with van der Waals surface area (Å²) in [7, 11) is -4.51. The van der Waals surface area contributed by atoms with Gasteiger partial charge in [0.1, 0.15) is 0 Å². The Labute approximate surface area is 144 Å². The van der Waals surface area contributed by atoms with Gasteiger partial charge in [-0.15, -0.1) is 0 Å². The number of nitrogens with one attached hydrogen (secondary N) is 1. The molecule has 2 aromatic rings. The third-order valence-corrected chi connectivity index (χ3v) is 5.24. The van der Waals surface area contributed by atoms with Crippen molar-refractivity contribution in [1.82, 2.24) is 4.72 Å². The van der Waals surface area contributed by atoms with Gasteiger partial charge in [0, 0.05) is 0 Å². The van der Waals surface area contributed by atoms with E-state index in [-0.39, 0.29) is 10.5 Å². The zero-order valence-electron chi connectivity index (χ0n) is 13.2. The quantitative estimate of drug-likeness (QED) is 0.876. The summed E-state index contributed by atoms with van der Waals surface area (Å²) in [5.74, 6) is 0. The number of hydrogen-bond donors (Lipinski definition) is 1. The van der Waals surface area contributed by atoms with Crippen LogP contribution in [0, 0.1) is 18.3 Å². The van der Waals surface area contributed by atoms with Gasteiger partial charge in [0.25, 0.3) is 0 Å². The van der Waals surface area contributed by atoms with E-state index in [1.165, 1.54) is 48.5 Å². The SMILES string of the molecule is Cc1ccc(S(=O)(=O)NC(CC#N)(c2ccccc2)C(F)(F)F)cc1. The maximum Gasteiger partial charge on any atom is 0.412 e. The van der Waals surface area contributed by atoms with Crippen LogP contribution in [0.2, 0.25) is 0 Å². The minimum absolute atomic E-state index is 0.305. The molecule has 0 amide bonds. The number of nitrogens with zero attached hydrogens (tertiary/aromatic N) is 1. The van der Waals surface area contributed by atoms with E-state index < -0.39 is 28.2 Å². The van der Waals surface area contributed by atoms with E-state index in [0.717, 1.165) is 17.7 Å². The lowest BCUT2D eigenvalue weighted by molar-refractivity contribution is -0.193. The number of hydrogen-bond acceptors (Lipinski definition) is 3. The monoisotopic (exact) mass is 368 g/mol. The molecule has 1 N–H and O–H groups in total. The first-order valence-electron chi connectivity index (χ1n) is 7.22. The van der Waals surface area contributed by atoms with Gasteiger partial charge >= 0.3 is 6.18 Å². The Morgan fingerprint density at radius 1 is 1.04 bits per heavy atom. The fourth-order valence-corrected chi connectivity index (χ4v) is 3.74. The van der Waals surface area contributed by atoms with Crippen molar-refractivity contribution >= 4 is 10.0 Å². The third-order valence-electron chi connectivity index (χ3n) is 3.73. The van der Waals surface area contributed by atoms with Gasteiger partial charge in [-0.25, -0.2) is 8.42 Å². The average molecular weight is 368 g/mol. The van der Waals surface area contributed by atoms with Gasteiger partial charge in [-0.05, 0) is 24.6 Å². The summed E-state index contributed by atoms with van der Waals surface area (Å²) < 4.78 is 68.4. The van der Waals surface area contributed by atoms with Crippen LogP contribution in [0.25, 0.3) is 0 Å². The fraction of sp³-hybridized carbons (Fsp3) is 0.235. The highest BCUT2D eigenvalue weighted by Crippen LogP contribution is 2.42. The molecule has 0 heterocycles. The molecule has 0 saturated carbocycles. The summed E-state index contributed by atoms with van der Waals surface area (Å²) in [5, 5.41) is 8.95. The molecule has 1 unspecified atom stereocenters. The first-order valence-corrected chi connectivity index (χ1v) is 8.70. The molecule has 0 fully saturated rings. The third kappa shape index (κ3) is 3.83. The van der Waals surface area contributed by atoms with Crippen molar-refractivity contribution in [2.24, 2.45) is 0 Å². The highest BCUT2D eigenvalue weighted by molar-refractivity contribution is 7.89. The molecule has 0 spiro atoms. The van der Waals surface area contributed by atoms with Crippen LogP contribution in [0.15, 0.2) is 59.5 Å². The number of halogens is 3. The lowest BCUT2D eigenvalue weighted by Crippen LogP contribution is -2.55. The van der Waals surface area contributed by atoms with Gasteiger partial charge in [0.05, 0.1) is 17.4 Å². The normalized spacial score (nSPS) is 14.5. The average Bonchev–Trinajstić information content (AvgIpc) is 2.54.